The van der Waals surface area contributed by atoms with Crippen LogP contribution < -0.4 is 5.32 Å². The fourth-order valence-electron chi connectivity index (χ4n) is 4.20. The molecule has 130 valence electrons. The number of aryl methyl sites for hydroxylation is 1. The lowest BCUT2D eigenvalue weighted by atomic mass is 9.78. The maximum atomic E-state index is 12.4. The summed E-state index contributed by atoms with van der Waals surface area (Å²) in [4.78, 5) is 25.1. The number of nitro benzene ring substituents is 1. The number of rotatable bonds is 4. The van der Waals surface area contributed by atoms with E-state index in [1.54, 1.807) is 13.0 Å². The summed E-state index contributed by atoms with van der Waals surface area (Å²) in [5.74, 6) is 0.722. The number of non-ortho nitro benzene ring substituents is 1. The number of carbonyl (C=O) groups is 1. The molecule has 2 atom stereocenters. The third kappa shape index (κ3) is 3.75. The number of hydrogen-bond acceptors (Lipinski definition) is 4. The molecule has 1 aliphatic heterocycles. The van der Waals surface area contributed by atoms with E-state index in [0.717, 1.165) is 12.5 Å². The Labute approximate surface area is 142 Å². The molecule has 1 saturated carbocycles. The van der Waals surface area contributed by atoms with Gasteiger partial charge in [0.15, 0.2) is 0 Å². The van der Waals surface area contributed by atoms with Crippen LogP contribution in [0, 0.1) is 23.0 Å². The lowest BCUT2D eigenvalue weighted by Gasteiger charge is -2.43. The Morgan fingerprint density at radius 3 is 2.79 bits per heavy atom. The van der Waals surface area contributed by atoms with Crippen molar-refractivity contribution in [2.75, 3.05) is 18.4 Å². The Bertz CT molecular complexity index is 630. The number of anilines is 1. The van der Waals surface area contributed by atoms with E-state index in [-0.39, 0.29) is 11.6 Å². The van der Waals surface area contributed by atoms with Crippen LogP contribution in [0.25, 0.3) is 0 Å². The molecule has 1 saturated heterocycles. The maximum absolute atomic E-state index is 12.4. The number of amides is 1. The van der Waals surface area contributed by atoms with Gasteiger partial charge < -0.3 is 5.32 Å². The number of fused-ring (bicyclic) bond motifs is 1. The van der Waals surface area contributed by atoms with E-state index in [0.29, 0.717) is 23.8 Å². The summed E-state index contributed by atoms with van der Waals surface area (Å²) >= 11 is 0. The first-order chi connectivity index (χ1) is 11.5. The van der Waals surface area contributed by atoms with Crippen molar-refractivity contribution in [3.8, 4) is 0 Å². The largest absolute Gasteiger partial charge is 0.325 e. The van der Waals surface area contributed by atoms with Crippen LogP contribution in [0.1, 0.15) is 44.1 Å². The normalized spacial score (nSPS) is 24.2. The van der Waals surface area contributed by atoms with E-state index < -0.39 is 4.92 Å². The summed E-state index contributed by atoms with van der Waals surface area (Å²) in [5, 5.41) is 13.7. The minimum absolute atomic E-state index is 0.0295. The molecule has 0 bridgehead atoms. The fourth-order valence-corrected chi connectivity index (χ4v) is 4.20. The van der Waals surface area contributed by atoms with Gasteiger partial charge in [0.25, 0.3) is 5.69 Å². The van der Waals surface area contributed by atoms with Crippen molar-refractivity contribution in [2.24, 2.45) is 5.92 Å². The summed E-state index contributed by atoms with van der Waals surface area (Å²) < 4.78 is 0. The Kier molecular flexibility index (Phi) is 5.14. The second-order valence-electron chi connectivity index (χ2n) is 7.03. The minimum Gasteiger partial charge on any atom is -0.325 e. The number of hydrogen-bond donors (Lipinski definition) is 1. The number of carbonyl (C=O) groups excluding carboxylic acids is 1. The third-order valence-electron chi connectivity index (χ3n) is 5.40. The molecule has 1 aromatic carbocycles. The van der Waals surface area contributed by atoms with Crippen LogP contribution in [0.2, 0.25) is 0 Å². The molecule has 2 unspecified atom stereocenters. The van der Waals surface area contributed by atoms with Gasteiger partial charge in [0, 0.05) is 23.9 Å². The second kappa shape index (κ2) is 7.30. The predicted octanol–water partition coefficient (Wildman–Crippen LogP) is 3.50. The SMILES string of the molecule is Cc1cc([N+](=O)[O-])ccc1NC(=O)CN1CCCC2CCCCC21. The maximum Gasteiger partial charge on any atom is 0.269 e. The van der Waals surface area contributed by atoms with Crippen molar-refractivity contribution in [1.29, 1.82) is 0 Å². The van der Waals surface area contributed by atoms with Crippen molar-refractivity contribution in [3.63, 3.8) is 0 Å². The molecule has 1 N–H and O–H groups in total. The third-order valence-corrected chi connectivity index (χ3v) is 5.40. The van der Waals surface area contributed by atoms with Crippen molar-refractivity contribution in [3.05, 3.63) is 33.9 Å². The van der Waals surface area contributed by atoms with E-state index in [1.807, 2.05) is 0 Å². The molecule has 2 aliphatic rings. The lowest BCUT2D eigenvalue weighted by Crippen LogP contribution is -2.49. The van der Waals surface area contributed by atoms with E-state index in [2.05, 4.69) is 10.2 Å². The number of nitrogens with one attached hydrogen (secondary N) is 1. The molecular formula is C18H25N3O3. The van der Waals surface area contributed by atoms with E-state index >= 15 is 0 Å². The zero-order chi connectivity index (χ0) is 17.1. The Morgan fingerprint density at radius 2 is 2.04 bits per heavy atom. The molecule has 1 amide bonds. The van der Waals surface area contributed by atoms with Crippen molar-refractivity contribution in [2.45, 2.75) is 51.5 Å². The molecular weight excluding hydrogens is 306 g/mol. The van der Waals surface area contributed by atoms with Gasteiger partial charge in [-0.05, 0) is 56.7 Å². The molecule has 0 radical (unpaired) electrons. The standard InChI is InChI=1S/C18H25N3O3/c1-13-11-15(21(23)24)8-9-16(13)19-18(22)12-20-10-4-6-14-5-2-3-7-17(14)20/h8-9,11,14,17H,2-7,10,12H2,1H3,(H,19,22). The smallest absolute Gasteiger partial charge is 0.269 e. The second-order valence-corrected chi connectivity index (χ2v) is 7.03. The molecule has 1 heterocycles. The van der Waals surface area contributed by atoms with Crippen molar-refractivity contribution < 1.29 is 9.72 Å². The van der Waals surface area contributed by atoms with Crippen LogP contribution >= 0.6 is 0 Å². The van der Waals surface area contributed by atoms with E-state index in [9.17, 15) is 14.9 Å². The summed E-state index contributed by atoms with van der Waals surface area (Å²) in [6.07, 6.45) is 7.55. The van der Waals surface area contributed by atoms with Crippen LogP contribution in [0.3, 0.4) is 0 Å². The summed E-state index contributed by atoms with van der Waals surface area (Å²) in [6, 6.07) is 5.09. The van der Waals surface area contributed by atoms with Gasteiger partial charge in [-0.1, -0.05) is 12.8 Å². The Morgan fingerprint density at radius 1 is 1.29 bits per heavy atom. The predicted molar refractivity (Wildman–Crippen MR) is 93.0 cm³/mol. The number of nitrogens with zero attached hydrogens (tertiary/aromatic N) is 2. The summed E-state index contributed by atoms with van der Waals surface area (Å²) in [7, 11) is 0. The average molecular weight is 331 g/mol. The molecule has 24 heavy (non-hydrogen) atoms. The highest BCUT2D eigenvalue weighted by molar-refractivity contribution is 5.93. The molecule has 6 heteroatoms. The number of piperidine rings is 1. The van der Waals surface area contributed by atoms with Gasteiger partial charge in [-0.15, -0.1) is 0 Å². The van der Waals surface area contributed by atoms with Crippen LogP contribution in [0.4, 0.5) is 11.4 Å². The van der Waals surface area contributed by atoms with Gasteiger partial charge >= 0.3 is 0 Å². The molecule has 1 aliphatic carbocycles. The van der Waals surface area contributed by atoms with Crippen LogP contribution in [-0.2, 0) is 4.79 Å². The highest BCUT2D eigenvalue weighted by atomic mass is 16.6. The monoisotopic (exact) mass is 331 g/mol. The van der Waals surface area contributed by atoms with Crippen LogP contribution in [-0.4, -0.2) is 34.9 Å². The molecule has 3 rings (SSSR count). The highest BCUT2D eigenvalue weighted by Crippen LogP contribution is 2.35. The number of nitro groups is 1. The van der Waals surface area contributed by atoms with Crippen molar-refractivity contribution >= 4 is 17.3 Å². The molecule has 2 fully saturated rings. The van der Waals surface area contributed by atoms with Gasteiger partial charge in [0.05, 0.1) is 11.5 Å². The topological polar surface area (TPSA) is 75.5 Å². The molecule has 6 nitrogen and oxygen atoms in total. The first kappa shape index (κ1) is 16.9. The van der Waals surface area contributed by atoms with Gasteiger partial charge in [-0.3, -0.25) is 19.8 Å². The lowest BCUT2D eigenvalue weighted by molar-refractivity contribution is -0.384. The van der Waals surface area contributed by atoms with E-state index in [4.69, 9.17) is 0 Å². The van der Waals surface area contributed by atoms with Crippen molar-refractivity contribution in [1.82, 2.24) is 4.90 Å². The Balaban J connectivity index is 1.62. The zero-order valence-electron chi connectivity index (χ0n) is 14.2. The summed E-state index contributed by atoms with van der Waals surface area (Å²) in [6.45, 7) is 3.19. The zero-order valence-corrected chi connectivity index (χ0v) is 14.2. The highest BCUT2D eigenvalue weighted by Gasteiger charge is 2.33. The number of benzene rings is 1. The Hall–Kier alpha value is -1.95. The van der Waals surface area contributed by atoms with Gasteiger partial charge in [-0.25, -0.2) is 0 Å². The fraction of sp³-hybridized carbons (Fsp3) is 0.611. The van der Waals surface area contributed by atoms with Gasteiger partial charge in [0.1, 0.15) is 0 Å². The first-order valence-corrected chi connectivity index (χ1v) is 8.83. The summed E-state index contributed by atoms with van der Waals surface area (Å²) in [5.41, 5.74) is 1.42. The molecule has 0 spiro atoms. The first-order valence-electron chi connectivity index (χ1n) is 8.83. The van der Waals surface area contributed by atoms with E-state index in [1.165, 1.54) is 50.7 Å². The quantitative estimate of drug-likeness (QED) is 0.677. The molecule has 1 aromatic rings. The van der Waals surface area contributed by atoms with Crippen LogP contribution in [0.5, 0.6) is 0 Å². The van der Waals surface area contributed by atoms with Gasteiger partial charge in [0.2, 0.25) is 5.91 Å². The number of likely N-dealkylation sites (tertiary alicyclic amines) is 1. The molecule has 0 aromatic heterocycles. The average Bonchev–Trinajstić information content (AvgIpc) is 2.57. The minimum atomic E-state index is -0.421. The van der Waals surface area contributed by atoms with Gasteiger partial charge in [-0.2, -0.15) is 0 Å². The van der Waals surface area contributed by atoms with Crippen LogP contribution in [0.15, 0.2) is 18.2 Å².